The summed E-state index contributed by atoms with van der Waals surface area (Å²) in [5, 5.41) is 2.98. The summed E-state index contributed by atoms with van der Waals surface area (Å²) < 4.78 is 7.38. The van der Waals surface area contributed by atoms with Crippen molar-refractivity contribution >= 4 is 22.9 Å². The second-order valence-corrected chi connectivity index (χ2v) is 8.19. The molecule has 0 spiro atoms. The van der Waals surface area contributed by atoms with Crippen LogP contribution in [0.1, 0.15) is 38.7 Å². The molecule has 7 heteroatoms. The van der Waals surface area contributed by atoms with Gasteiger partial charge in [0.1, 0.15) is 11.2 Å². The van der Waals surface area contributed by atoms with E-state index in [0.29, 0.717) is 47.6 Å². The summed E-state index contributed by atoms with van der Waals surface area (Å²) in [5.41, 5.74) is 3.42. The van der Waals surface area contributed by atoms with Gasteiger partial charge in [-0.15, -0.1) is 0 Å². The van der Waals surface area contributed by atoms with Crippen molar-refractivity contribution in [3.05, 3.63) is 89.6 Å². The van der Waals surface area contributed by atoms with Crippen LogP contribution in [0.4, 0.5) is 0 Å². The van der Waals surface area contributed by atoms with Crippen LogP contribution in [0.25, 0.3) is 11.1 Å². The van der Waals surface area contributed by atoms with Crippen molar-refractivity contribution in [3.63, 3.8) is 0 Å². The summed E-state index contributed by atoms with van der Waals surface area (Å²) in [7, 11) is 3.65. The van der Waals surface area contributed by atoms with Gasteiger partial charge in [0.25, 0.3) is 11.8 Å². The summed E-state index contributed by atoms with van der Waals surface area (Å²) in [4.78, 5) is 32.1. The zero-order valence-electron chi connectivity index (χ0n) is 19.1. The number of benzene rings is 2. The third kappa shape index (κ3) is 4.98. The zero-order valence-corrected chi connectivity index (χ0v) is 19.1. The largest absolute Gasteiger partial charge is 0.441 e. The van der Waals surface area contributed by atoms with E-state index in [-0.39, 0.29) is 17.9 Å². The van der Waals surface area contributed by atoms with Crippen LogP contribution < -0.4 is 5.32 Å². The number of rotatable bonds is 8. The molecule has 0 fully saturated rings. The number of carbonyl (C=O) groups is 2. The quantitative estimate of drug-likeness (QED) is 0.446. The first-order valence-corrected chi connectivity index (χ1v) is 11.0. The fourth-order valence-corrected chi connectivity index (χ4v) is 4.05. The van der Waals surface area contributed by atoms with E-state index in [0.717, 1.165) is 5.56 Å². The number of fused-ring (bicyclic) bond motifs is 1. The van der Waals surface area contributed by atoms with Gasteiger partial charge in [-0.3, -0.25) is 9.59 Å². The first-order chi connectivity index (χ1) is 15.9. The van der Waals surface area contributed by atoms with Crippen molar-refractivity contribution in [1.82, 2.24) is 19.8 Å². The number of aryl methyl sites for hydroxylation is 2. The topological polar surface area (TPSA) is 80.4 Å². The van der Waals surface area contributed by atoms with Crippen LogP contribution in [0.3, 0.4) is 0 Å². The van der Waals surface area contributed by atoms with Gasteiger partial charge in [0.2, 0.25) is 0 Å². The number of nitrogens with zero attached hydrogens (tertiary/aromatic N) is 3. The second kappa shape index (κ2) is 9.73. The van der Waals surface area contributed by atoms with E-state index < -0.39 is 0 Å². The molecule has 7 nitrogen and oxygen atoms in total. The van der Waals surface area contributed by atoms with E-state index in [9.17, 15) is 9.59 Å². The molecule has 0 unspecified atom stereocenters. The molecule has 1 atom stereocenters. The number of para-hydroxylation sites is 1. The van der Waals surface area contributed by atoms with Gasteiger partial charge < -0.3 is 19.2 Å². The molecular formula is C26H28N4O3. The Morgan fingerprint density at radius 1 is 1.09 bits per heavy atom. The van der Waals surface area contributed by atoms with Crippen molar-refractivity contribution in [2.24, 2.45) is 7.05 Å². The molecule has 2 heterocycles. The predicted molar refractivity (Wildman–Crippen MR) is 127 cm³/mol. The summed E-state index contributed by atoms with van der Waals surface area (Å²) in [6.45, 7) is 2.22. The van der Waals surface area contributed by atoms with Crippen LogP contribution in [-0.2, 0) is 13.5 Å². The van der Waals surface area contributed by atoms with Crippen LogP contribution in [0.2, 0.25) is 0 Å². The van der Waals surface area contributed by atoms with E-state index in [1.807, 2.05) is 43.6 Å². The summed E-state index contributed by atoms with van der Waals surface area (Å²) in [6.07, 6.45) is 3.13. The molecule has 2 amide bonds. The third-order valence-corrected chi connectivity index (χ3v) is 5.88. The van der Waals surface area contributed by atoms with Crippen molar-refractivity contribution in [3.8, 4) is 0 Å². The first kappa shape index (κ1) is 22.3. The fraction of sp³-hybridized carbons (Fsp3) is 0.269. The Balaban J connectivity index is 1.52. The number of hydrogen-bond donors (Lipinski definition) is 1. The predicted octanol–water partition coefficient (Wildman–Crippen LogP) is 3.98. The molecule has 2 aromatic carbocycles. The highest BCUT2D eigenvalue weighted by molar-refractivity contribution is 6.04. The molecule has 4 aromatic rings. The molecule has 0 saturated heterocycles. The van der Waals surface area contributed by atoms with Gasteiger partial charge in [-0.1, -0.05) is 36.4 Å². The monoisotopic (exact) mass is 444 g/mol. The Kier molecular flexibility index (Phi) is 6.58. The third-order valence-electron chi connectivity index (χ3n) is 5.88. The smallest absolute Gasteiger partial charge is 0.267 e. The van der Waals surface area contributed by atoms with E-state index in [2.05, 4.69) is 22.4 Å². The molecule has 4 rings (SSSR count). The number of likely N-dealkylation sites (N-methyl/N-ethyl adjacent to an activating group) is 1. The summed E-state index contributed by atoms with van der Waals surface area (Å²) in [6, 6.07) is 19.0. The van der Waals surface area contributed by atoms with Crippen LogP contribution >= 0.6 is 0 Å². The Morgan fingerprint density at radius 3 is 2.61 bits per heavy atom. The van der Waals surface area contributed by atoms with E-state index >= 15 is 0 Å². The average molecular weight is 445 g/mol. The van der Waals surface area contributed by atoms with Gasteiger partial charge in [-0.2, -0.15) is 0 Å². The van der Waals surface area contributed by atoms with E-state index in [1.54, 1.807) is 41.6 Å². The first-order valence-electron chi connectivity index (χ1n) is 11.0. The number of carbonyl (C=O) groups excluding carboxylic acids is 2. The molecule has 2 aromatic heterocycles. The number of nitrogens with one attached hydrogen (secondary N) is 1. The van der Waals surface area contributed by atoms with Crippen molar-refractivity contribution < 1.29 is 14.0 Å². The Labute approximate surface area is 193 Å². The number of oxazole rings is 1. The SMILES string of the molecule is Cc1nc2c(C(=O)N(C)[C@H](CCNC(=O)c3cccn3C)Cc3ccccc3)cccc2o1. The Morgan fingerprint density at radius 2 is 1.88 bits per heavy atom. The summed E-state index contributed by atoms with van der Waals surface area (Å²) >= 11 is 0. The molecule has 0 aliphatic carbocycles. The van der Waals surface area contributed by atoms with E-state index in [4.69, 9.17) is 4.42 Å². The standard InChI is InChI=1S/C26H28N4O3/c1-18-28-24-21(11-7-13-23(24)33-18)26(32)30(3)20(17-19-9-5-4-6-10-19)14-15-27-25(31)22-12-8-16-29(22)2/h4-13,16,20H,14-15,17H2,1-3H3,(H,27,31)/t20-/m1/s1. The molecule has 0 radical (unpaired) electrons. The maximum Gasteiger partial charge on any atom is 0.267 e. The van der Waals surface area contributed by atoms with Crippen molar-refractivity contribution in [2.45, 2.75) is 25.8 Å². The lowest BCUT2D eigenvalue weighted by Crippen LogP contribution is -2.41. The minimum Gasteiger partial charge on any atom is -0.441 e. The molecular weight excluding hydrogens is 416 g/mol. The minimum absolute atomic E-state index is 0.114. The molecule has 0 saturated carbocycles. The molecule has 33 heavy (non-hydrogen) atoms. The molecule has 0 bridgehead atoms. The normalized spacial score (nSPS) is 12.0. The lowest BCUT2D eigenvalue weighted by atomic mass is 10.0. The zero-order chi connectivity index (χ0) is 23.4. The van der Waals surface area contributed by atoms with Gasteiger partial charge in [-0.05, 0) is 42.7 Å². The van der Waals surface area contributed by atoms with Crippen molar-refractivity contribution in [2.75, 3.05) is 13.6 Å². The van der Waals surface area contributed by atoms with Gasteiger partial charge in [0, 0.05) is 39.8 Å². The van der Waals surface area contributed by atoms with Gasteiger partial charge in [-0.25, -0.2) is 4.98 Å². The number of amides is 2. The number of aromatic nitrogens is 2. The number of hydrogen-bond acceptors (Lipinski definition) is 4. The maximum absolute atomic E-state index is 13.5. The lowest BCUT2D eigenvalue weighted by molar-refractivity contribution is 0.0724. The van der Waals surface area contributed by atoms with Gasteiger partial charge >= 0.3 is 0 Å². The van der Waals surface area contributed by atoms with Crippen molar-refractivity contribution in [1.29, 1.82) is 0 Å². The maximum atomic E-state index is 13.5. The van der Waals surface area contributed by atoms with Crippen LogP contribution in [0.15, 0.2) is 71.3 Å². The highest BCUT2D eigenvalue weighted by atomic mass is 16.3. The lowest BCUT2D eigenvalue weighted by Gasteiger charge is -2.29. The highest BCUT2D eigenvalue weighted by Crippen LogP contribution is 2.22. The molecule has 0 aliphatic rings. The second-order valence-electron chi connectivity index (χ2n) is 8.19. The van der Waals surface area contributed by atoms with E-state index in [1.165, 1.54) is 0 Å². The highest BCUT2D eigenvalue weighted by Gasteiger charge is 2.24. The minimum atomic E-state index is -0.127. The van der Waals surface area contributed by atoms with Crippen LogP contribution in [0.5, 0.6) is 0 Å². The average Bonchev–Trinajstić information content (AvgIpc) is 3.42. The van der Waals surface area contributed by atoms with Crippen LogP contribution in [-0.4, -0.2) is 45.9 Å². The van der Waals surface area contributed by atoms with Crippen LogP contribution in [0, 0.1) is 6.92 Å². The summed E-state index contributed by atoms with van der Waals surface area (Å²) in [5.74, 6) is 0.276. The van der Waals surface area contributed by atoms with Gasteiger partial charge in [0.15, 0.2) is 11.5 Å². The molecule has 1 N–H and O–H groups in total. The fourth-order valence-electron chi connectivity index (χ4n) is 4.05. The molecule has 170 valence electrons. The molecule has 0 aliphatic heterocycles. The van der Waals surface area contributed by atoms with Gasteiger partial charge in [0.05, 0.1) is 5.56 Å². The Hall–Kier alpha value is -3.87. The Bertz CT molecular complexity index is 1260.